The van der Waals surface area contributed by atoms with Gasteiger partial charge < -0.3 is 4.74 Å². The molecule has 1 rings (SSSR count). The molecule has 1 N–H and O–H groups in total. The number of rotatable bonds is 4. The molecule has 1 unspecified atom stereocenters. The van der Waals surface area contributed by atoms with Gasteiger partial charge in [-0.25, -0.2) is 4.79 Å². The standard InChI is InChI=1S/C10H14ClF2NO2/c1-16-9(15)10(4-2-5-11)7(8(12)13)3-6-14-10/h14H,2-6H2,1H3. The molecule has 6 heteroatoms. The predicted molar refractivity (Wildman–Crippen MR) is 56.6 cm³/mol. The molecule has 0 saturated carbocycles. The van der Waals surface area contributed by atoms with Gasteiger partial charge in [0.15, 0.2) is 0 Å². The van der Waals surface area contributed by atoms with Crippen molar-refractivity contribution in [2.75, 3.05) is 19.5 Å². The van der Waals surface area contributed by atoms with Crippen molar-refractivity contribution in [2.24, 2.45) is 0 Å². The van der Waals surface area contributed by atoms with Gasteiger partial charge in [-0.05, 0) is 19.3 Å². The van der Waals surface area contributed by atoms with E-state index in [2.05, 4.69) is 10.1 Å². The first kappa shape index (κ1) is 13.4. The van der Waals surface area contributed by atoms with Crippen LogP contribution in [0.15, 0.2) is 11.7 Å². The van der Waals surface area contributed by atoms with Gasteiger partial charge in [0.2, 0.25) is 0 Å². The molecule has 16 heavy (non-hydrogen) atoms. The summed E-state index contributed by atoms with van der Waals surface area (Å²) in [5, 5.41) is 2.82. The molecule has 1 heterocycles. The van der Waals surface area contributed by atoms with Crippen LogP contribution in [0.4, 0.5) is 8.78 Å². The molecule has 0 aromatic carbocycles. The Bertz CT molecular complexity index is 305. The first-order valence-corrected chi connectivity index (χ1v) is 5.56. The second kappa shape index (κ2) is 5.59. The predicted octanol–water partition coefficient (Wildman–Crippen LogP) is 2.06. The highest BCUT2D eigenvalue weighted by Gasteiger charge is 2.47. The minimum atomic E-state index is -1.80. The van der Waals surface area contributed by atoms with E-state index in [1.807, 2.05) is 0 Å². The molecule has 92 valence electrons. The molecular formula is C10H14ClF2NO2. The number of hydrogen-bond acceptors (Lipinski definition) is 3. The normalized spacial score (nSPS) is 24.6. The van der Waals surface area contributed by atoms with Gasteiger partial charge in [0.1, 0.15) is 5.54 Å². The van der Waals surface area contributed by atoms with Crippen molar-refractivity contribution in [3.8, 4) is 0 Å². The van der Waals surface area contributed by atoms with E-state index in [0.29, 0.717) is 18.8 Å². The molecule has 1 aliphatic heterocycles. The SMILES string of the molecule is COC(=O)C1(CCCCl)NCCC1=C(F)F. The summed E-state index contributed by atoms with van der Waals surface area (Å²) in [6.07, 6.45) is -0.930. The van der Waals surface area contributed by atoms with E-state index in [4.69, 9.17) is 11.6 Å². The van der Waals surface area contributed by atoms with Crippen LogP contribution >= 0.6 is 11.6 Å². The van der Waals surface area contributed by atoms with E-state index < -0.39 is 17.6 Å². The number of nitrogens with one attached hydrogen (secondary N) is 1. The van der Waals surface area contributed by atoms with Crippen LogP contribution < -0.4 is 5.32 Å². The molecule has 0 amide bonds. The van der Waals surface area contributed by atoms with E-state index in [-0.39, 0.29) is 18.4 Å². The monoisotopic (exact) mass is 253 g/mol. The van der Waals surface area contributed by atoms with Gasteiger partial charge in [0, 0.05) is 18.0 Å². The molecule has 0 bridgehead atoms. The fourth-order valence-corrected chi connectivity index (χ4v) is 2.15. The number of alkyl halides is 1. The van der Waals surface area contributed by atoms with Crippen molar-refractivity contribution in [1.82, 2.24) is 5.32 Å². The summed E-state index contributed by atoms with van der Waals surface area (Å²) >= 11 is 5.53. The Hall–Kier alpha value is -0.680. The zero-order valence-corrected chi connectivity index (χ0v) is 9.74. The average molecular weight is 254 g/mol. The van der Waals surface area contributed by atoms with Crippen molar-refractivity contribution in [1.29, 1.82) is 0 Å². The molecule has 0 aliphatic carbocycles. The third-order valence-corrected chi connectivity index (χ3v) is 3.03. The third kappa shape index (κ3) is 2.35. The minimum Gasteiger partial charge on any atom is -0.467 e. The summed E-state index contributed by atoms with van der Waals surface area (Å²) in [6, 6.07) is 0. The molecule has 0 aromatic heterocycles. The summed E-state index contributed by atoms with van der Waals surface area (Å²) in [6.45, 7) is 0.351. The number of esters is 1. The number of methoxy groups -OCH3 is 1. The summed E-state index contributed by atoms with van der Waals surface area (Å²) < 4.78 is 30.1. The highest BCUT2D eigenvalue weighted by molar-refractivity contribution is 6.17. The average Bonchev–Trinajstić information content (AvgIpc) is 2.70. The lowest BCUT2D eigenvalue weighted by molar-refractivity contribution is -0.146. The van der Waals surface area contributed by atoms with E-state index in [9.17, 15) is 13.6 Å². The number of halogens is 3. The summed E-state index contributed by atoms with van der Waals surface area (Å²) in [5.74, 6) is -0.348. The van der Waals surface area contributed by atoms with Crippen LogP contribution in [0.25, 0.3) is 0 Å². The van der Waals surface area contributed by atoms with Gasteiger partial charge in [0.25, 0.3) is 6.08 Å². The third-order valence-electron chi connectivity index (χ3n) is 2.76. The van der Waals surface area contributed by atoms with Gasteiger partial charge in [-0.1, -0.05) is 0 Å². The van der Waals surface area contributed by atoms with Crippen LogP contribution in [0, 0.1) is 0 Å². The fourth-order valence-electron chi connectivity index (χ4n) is 2.02. The molecule has 0 spiro atoms. The fraction of sp³-hybridized carbons (Fsp3) is 0.700. The topological polar surface area (TPSA) is 38.3 Å². The molecule has 0 aromatic rings. The Morgan fingerprint density at radius 2 is 2.31 bits per heavy atom. The highest BCUT2D eigenvalue weighted by Crippen LogP contribution is 2.35. The van der Waals surface area contributed by atoms with Gasteiger partial charge in [-0.3, -0.25) is 5.32 Å². The van der Waals surface area contributed by atoms with Crippen LogP contribution in [0.2, 0.25) is 0 Å². The van der Waals surface area contributed by atoms with Crippen LogP contribution in [-0.2, 0) is 9.53 Å². The molecular weight excluding hydrogens is 240 g/mol. The number of ether oxygens (including phenoxy) is 1. The number of carbonyl (C=O) groups is 1. The minimum absolute atomic E-state index is 0.163. The molecule has 1 fully saturated rings. The van der Waals surface area contributed by atoms with E-state index in [1.165, 1.54) is 7.11 Å². The second-order valence-electron chi connectivity index (χ2n) is 3.61. The highest BCUT2D eigenvalue weighted by atomic mass is 35.5. The maximum absolute atomic E-state index is 12.8. The summed E-state index contributed by atoms with van der Waals surface area (Å²) in [7, 11) is 1.19. The van der Waals surface area contributed by atoms with Crippen molar-refractivity contribution in [3.63, 3.8) is 0 Å². The van der Waals surface area contributed by atoms with E-state index >= 15 is 0 Å². The van der Waals surface area contributed by atoms with E-state index in [1.54, 1.807) is 0 Å². The van der Waals surface area contributed by atoms with Gasteiger partial charge in [-0.15, -0.1) is 11.6 Å². The Labute approximate surface area is 97.8 Å². The Balaban J connectivity index is 3.03. The van der Waals surface area contributed by atoms with Crippen LogP contribution in [0.3, 0.4) is 0 Å². The van der Waals surface area contributed by atoms with Crippen LogP contribution in [-0.4, -0.2) is 31.0 Å². The lowest BCUT2D eigenvalue weighted by Gasteiger charge is -2.27. The van der Waals surface area contributed by atoms with E-state index in [0.717, 1.165) is 0 Å². The quantitative estimate of drug-likeness (QED) is 0.616. The molecule has 1 atom stereocenters. The van der Waals surface area contributed by atoms with Gasteiger partial charge >= 0.3 is 5.97 Å². The Kier molecular flexibility index (Phi) is 4.68. The number of carbonyl (C=O) groups excluding carboxylic acids is 1. The van der Waals surface area contributed by atoms with Crippen LogP contribution in [0.5, 0.6) is 0 Å². The van der Waals surface area contributed by atoms with Gasteiger partial charge in [-0.2, -0.15) is 8.78 Å². The summed E-state index contributed by atoms with van der Waals surface area (Å²) in [4.78, 5) is 11.7. The number of hydrogen-bond donors (Lipinski definition) is 1. The smallest absolute Gasteiger partial charge is 0.330 e. The molecule has 1 saturated heterocycles. The molecule has 1 aliphatic rings. The van der Waals surface area contributed by atoms with Crippen molar-refractivity contribution < 1.29 is 18.3 Å². The maximum Gasteiger partial charge on any atom is 0.330 e. The van der Waals surface area contributed by atoms with Gasteiger partial charge in [0.05, 0.1) is 7.11 Å². The molecule has 3 nitrogen and oxygen atoms in total. The first-order chi connectivity index (χ1) is 7.58. The first-order valence-electron chi connectivity index (χ1n) is 5.02. The lowest BCUT2D eigenvalue weighted by Crippen LogP contribution is -2.49. The molecule has 0 radical (unpaired) electrons. The summed E-state index contributed by atoms with van der Waals surface area (Å²) in [5.41, 5.74) is -1.54. The van der Waals surface area contributed by atoms with Crippen LogP contribution in [0.1, 0.15) is 19.3 Å². The van der Waals surface area contributed by atoms with Crippen molar-refractivity contribution in [2.45, 2.75) is 24.8 Å². The largest absolute Gasteiger partial charge is 0.467 e. The Morgan fingerprint density at radius 1 is 1.62 bits per heavy atom. The van der Waals surface area contributed by atoms with Crippen molar-refractivity contribution in [3.05, 3.63) is 11.7 Å². The maximum atomic E-state index is 12.8. The second-order valence-corrected chi connectivity index (χ2v) is 3.98. The zero-order valence-electron chi connectivity index (χ0n) is 8.99. The lowest BCUT2D eigenvalue weighted by atomic mass is 9.87. The Morgan fingerprint density at radius 3 is 2.81 bits per heavy atom. The zero-order chi connectivity index (χ0) is 12.2. The van der Waals surface area contributed by atoms with Crippen molar-refractivity contribution >= 4 is 17.6 Å².